The minimum Gasteiger partial charge on any atom is -0.340 e. The van der Waals surface area contributed by atoms with Crippen LogP contribution in [0, 0.1) is 12.8 Å². The second-order valence-electron chi connectivity index (χ2n) is 8.08. The van der Waals surface area contributed by atoms with Crippen LogP contribution in [0.3, 0.4) is 0 Å². The summed E-state index contributed by atoms with van der Waals surface area (Å²) in [6.07, 6.45) is 1.59. The first-order valence-corrected chi connectivity index (χ1v) is 9.77. The van der Waals surface area contributed by atoms with E-state index in [2.05, 4.69) is 49.9 Å². The van der Waals surface area contributed by atoms with E-state index in [4.69, 9.17) is 0 Å². The Morgan fingerprint density at radius 3 is 2.46 bits per heavy atom. The van der Waals surface area contributed by atoms with Gasteiger partial charge in [0.05, 0.1) is 6.54 Å². The van der Waals surface area contributed by atoms with Gasteiger partial charge in [0.25, 0.3) is 0 Å². The average Bonchev–Trinajstić information content (AvgIpc) is 2.60. The van der Waals surface area contributed by atoms with Crippen LogP contribution in [0.4, 0.5) is 0 Å². The molecule has 3 rings (SSSR count). The Kier molecular flexibility index (Phi) is 5.97. The highest BCUT2D eigenvalue weighted by Crippen LogP contribution is 2.21. The summed E-state index contributed by atoms with van der Waals surface area (Å²) in [7, 11) is 0. The van der Waals surface area contributed by atoms with E-state index in [1.165, 1.54) is 11.1 Å². The van der Waals surface area contributed by atoms with Gasteiger partial charge in [-0.1, -0.05) is 29.8 Å². The zero-order chi connectivity index (χ0) is 18.7. The zero-order valence-corrected chi connectivity index (χ0v) is 16.3. The first-order chi connectivity index (χ1) is 12.4. The molecule has 0 saturated carbocycles. The number of hydrogen-bond acceptors (Lipinski definition) is 3. The molecule has 142 valence electrons. The average molecular weight is 357 g/mol. The largest absolute Gasteiger partial charge is 0.340 e. The number of rotatable bonds is 5. The Labute approximate surface area is 156 Å². The van der Waals surface area contributed by atoms with Crippen LogP contribution >= 0.6 is 0 Å². The number of likely N-dealkylation sites (tertiary alicyclic amines) is 1. The van der Waals surface area contributed by atoms with Gasteiger partial charge in [0.2, 0.25) is 11.8 Å². The van der Waals surface area contributed by atoms with Crippen molar-refractivity contribution in [3.05, 3.63) is 35.4 Å². The van der Waals surface area contributed by atoms with Gasteiger partial charge in [-0.25, -0.2) is 0 Å². The number of nitrogens with zero attached hydrogens (tertiary/aromatic N) is 3. The van der Waals surface area contributed by atoms with Gasteiger partial charge in [-0.15, -0.1) is 0 Å². The molecule has 1 atom stereocenters. The van der Waals surface area contributed by atoms with Crippen molar-refractivity contribution in [3.63, 3.8) is 0 Å². The molecule has 0 spiro atoms. The highest BCUT2D eigenvalue weighted by Gasteiger charge is 2.31. The first kappa shape index (κ1) is 18.9. The van der Waals surface area contributed by atoms with E-state index in [9.17, 15) is 9.59 Å². The van der Waals surface area contributed by atoms with E-state index in [1.807, 2.05) is 9.80 Å². The van der Waals surface area contributed by atoms with Gasteiger partial charge in [0, 0.05) is 45.2 Å². The summed E-state index contributed by atoms with van der Waals surface area (Å²) in [5.74, 6) is 0.964. The van der Waals surface area contributed by atoms with Crippen LogP contribution in [0.15, 0.2) is 24.3 Å². The lowest BCUT2D eigenvalue weighted by Gasteiger charge is -2.40. The van der Waals surface area contributed by atoms with E-state index < -0.39 is 0 Å². The van der Waals surface area contributed by atoms with Crippen LogP contribution in [-0.2, 0) is 16.1 Å². The van der Waals surface area contributed by atoms with Crippen LogP contribution in [0.1, 0.15) is 37.8 Å². The van der Waals surface area contributed by atoms with Gasteiger partial charge in [-0.05, 0) is 38.7 Å². The van der Waals surface area contributed by atoms with Crippen LogP contribution in [0.25, 0.3) is 0 Å². The van der Waals surface area contributed by atoms with E-state index in [0.717, 1.165) is 32.6 Å². The molecular weight excluding hydrogens is 326 g/mol. The van der Waals surface area contributed by atoms with Crippen LogP contribution in [0.5, 0.6) is 0 Å². The van der Waals surface area contributed by atoms with Crippen molar-refractivity contribution in [2.75, 3.05) is 32.7 Å². The number of aryl methyl sites for hydroxylation is 1. The molecule has 2 aliphatic rings. The Bertz CT molecular complexity index is 641. The minimum atomic E-state index is 0.212. The lowest BCUT2D eigenvalue weighted by molar-refractivity contribution is -0.140. The maximum Gasteiger partial charge on any atom is 0.237 e. The summed E-state index contributed by atoms with van der Waals surface area (Å²) in [4.78, 5) is 30.8. The first-order valence-electron chi connectivity index (χ1n) is 9.77. The summed E-state index contributed by atoms with van der Waals surface area (Å²) >= 11 is 0. The maximum atomic E-state index is 12.6. The fourth-order valence-corrected chi connectivity index (χ4v) is 3.95. The summed E-state index contributed by atoms with van der Waals surface area (Å²) in [5, 5.41) is 0. The Morgan fingerprint density at radius 2 is 1.81 bits per heavy atom. The molecule has 1 aromatic carbocycles. The van der Waals surface area contributed by atoms with Crippen LogP contribution in [0.2, 0.25) is 0 Å². The van der Waals surface area contributed by atoms with Crippen LogP contribution in [-0.4, -0.2) is 65.3 Å². The topological polar surface area (TPSA) is 43.9 Å². The molecule has 26 heavy (non-hydrogen) atoms. The summed E-state index contributed by atoms with van der Waals surface area (Å²) in [5.41, 5.74) is 2.43. The fourth-order valence-electron chi connectivity index (χ4n) is 3.95. The van der Waals surface area contributed by atoms with Crippen molar-refractivity contribution in [1.82, 2.24) is 14.7 Å². The molecule has 0 N–H and O–H groups in total. The molecule has 2 saturated heterocycles. The normalized spacial score (nSPS) is 22.4. The van der Waals surface area contributed by atoms with Crippen molar-refractivity contribution < 1.29 is 9.59 Å². The summed E-state index contributed by atoms with van der Waals surface area (Å²) < 4.78 is 0. The molecule has 1 aromatic rings. The van der Waals surface area contributed by atoms with Crippen molar-refractivity contribution in [3.8, 4) is 0 Å². The number of carbonyl (C=O) groups is 2. The Balaban J connectivity index is 1.50. The second-order valence-corrected chi connectivity index (χ2v) is 8.08. The van der Waals surface area contributed by atoms with Gasteiger partial charge in [0.15, 0.2) is 0 Å². The van der Waals surface area contributed by atoms with Gasteiger partial charge in [-0.3, -0.25) is 14.5 Å². The maximum absolute atomic E-state index is 12.6. The predicted molar refractivity (Wildman–Crippen MR) is 103 cm³/mol. The number of hydrogen-bond donors (Lipinski definition) is 0. The monoisotopic (exact) mass is 357 g/mol. The summed E-state index contributed by atoms with van der Waals surface area (Å²) in [6.45, 7) is 10.9. The minimum absolute atomic E-state index is 0.212. The highest BCUT2D eigenvalue weighted by atomic mass is 16.2. The van der Waals surface area contributed by atoms with Gasteiger partial charge in [-0.2, -0.15) is 0 Å². The molecule has 2 amide bonds. The highest BCUT2D eigenvalue weighted by molar-refractivity contribution is 5.79. The second kappa shape index (κ2) is 8.21. The quantitative estimate of drug-likeness (QED) is 0.812. The molecule has 0 aromatic heterocycles. The number of amides is 2. The Morgan fingerprint density at radius 1 is 1.08 bits per heavy atom. The van der Waals surface area contributed by atoms with E-state index in [-0.39, 0.29) is 17.9 Å². The SMILES string of the molecule is Cc1ccc(CN2CCN(CC3CCC(=O)N(C(C)C)C3)CC2=O)cc1. The molecule has 0 aliphatic carbocycles. The molecule has 2 fully saturated rings. The van der Waals surface area contributed by atoms with Crippen molar-refractivity contribution in [2.24, 2.45) is 5.92 Å². The molecule has 0 radical (unpaired) electrons. The molecule has 5 nitrogen and oxygen atoms in total. The lowest BCUT2D eigenvalue weighted by Crippen LogP contribution is -2.53. The van der Waals surface area contributed by atoms with Crippen molar-refractivity contribution >= 4 is 11.8 Å². The number of benzene rings is 1. The third-order valence-corrected chi connectivity index (χ3v) is 5.57. The number of carbonyl (C=O) groups excluding carboxylic acids is 2. The Hall–Kier alpha value is -1.88. The molecular formula is C21H31N3O2. The smallest absolute Gasteiger partial charge is 0.237 e. The molecule has 0 bridgehead atoms. The standard InChI is InChI=1S/C21H31N3O2/c1-16(2)24-14-19(8-9-20(24)25)12-22-10-11-23(21(26)15-22)13-18-6-4-17(3)5-7-18/h4-7,16,19H,8-15H2,1-3H3. The fraction of sp³-hybridized carbons (Fsp3) is 0.619. The number of piperidine rings is 1. The summed E-state index contributed by atoms with van der Waals surface area (Å²) in [6, 6.07) is 8.67. The lowest BCUT2D eigenvalue weighted by atomic mass is 9.95. The van der Waals surface area contributed by atoms with Crippen molar-refractivity contribution in [2.45, 2.75) is 46.2 Å². The van der Waals surface area contributed by atoms with E-state index in [0.29, 0.717) is 25.4 Å². The predicted octanol–water partition coefficient (Wildman–Crippen LogP) is 2.29. The molecule has 2 heterocycles. The van der Waals surface area contributed by atoms with Crippen molar-refractivity contribution in [1.29, 1.82) is 0 Å². The van der Waals surface area contributed by atoms with Gasteiger partial charge in [0.1, 0.15) is 0 Å². The third kappa shape index (κ3) is 4.64. The zero-order valence-electron chi connectivity index (χ0n) is 16.3. The van der Waals surface area contributed by atoms with E-state index in [1.54, 1.807) is 0 Å². The third-order valence-electron chi connectivity index (χ3n) is 5.57. The molecule has 2 aliphatic heterocycles. The van der Waals surface area contributed by atoms with Gasteiger partial charge >= 0.3 is 0 Å². The van der Waals surface area contributed by atoms with E-state index >= 15 is 0 Å². The number of piperazine rings is 1. The molecule has 5 heteroatoms. The van der Waals surface area contributed by atoms with Gasteiger partial charge < -0.3 is 9.80 Å². The van der Waals surface area contributed by atoms with Crippen LogP contribution < -0.4 is 0 Å². The molecule has 1 unspecified atom stereocenters.